The second kappa shape index (κ2) is 5.03. The first kappa shape index (κ1) is 13.6. The molecule has 5 nitrogen and oxygen atoms in total. The number of aromatic amines is 1. The molecule has 0 aliphatic carbocycles. The number of rotatable bonds is 4. The molecule has 19 heavy (non-hydrogen) atoms. The molecule has 0 atom stereocenters. The second-order valence-corrected chi connectivity index (χ2v) is 5.10. The van der Waals surface area contributed by atoms with Crippen molar-refractivity contribution in [2.75, 3.05) is 5.32 Å². The number of anilines is 1. The third kappa shape index (κ3) is 3.33. The third-order valence-corrected chi connectivity index (χ3v) is 2.73. The number of halogens is 1. The van der Waals surface area contributed by atoms with Crippen molar-refractivity contribution in [3.05, 3.63) is 35.2 Å². The lowest BCUT2D eigenvalue weighted by Crippen LogP contribution is -2.30. The second-order valence-electron chi connectivity index (χ2n) is 4.69. The van der Waals surface area contributed by atoms with Gasteiger partial charge in [-0.1, -0.05) is 11.6 Å². The summed E-state index contributed by atoms with van der Waals surface area (Å²) in [6.07, 6.45) is 3.92. The number of carbonyl (C=O) groups is 1. The van der Waals surface area contributed by atoms with Gasteiger partial charge in [0.25, 0.3) is 0 Å². The Morgan fingerprint density at radius 2 is 2.21 bits per heavy atom. The van der Waals surface area contributed by atoms with Gasteiger partial charge in [-0.15, -0.1) is 0 Å². The molecule has 2 aromatic heterocycles. The summed E-state index contributed by atoms with van der Waals surface area (Å²) in [5.74, 6) is 0.501. The number of nitrogens with one attached hydrogen (secondary N) is 2. The summed E-state index contributed by atoms with van der Waals surface area (Å²) in [5.41, 5.74) is 0.908. The summed E-state index contributed by atoms with van der Waals surface area (Å²) in [5, 5.41) is 13.0. The molecule has 2 heterocycles. The lowest BCUT2D eigenvalue weighted by Gasteiger charge is -2.20. The van der Waals surface area contributed by atoms with E-state index in [2.05, 4.69) is 15.3 Å². The normalized spacial score (nSPS) is 11.4. The average Bonchev–Trinajstić information content (AvgIpc) is 2.78. The monoisotopic (exact) mass is 279 g/mol. The number of H-pyrrole nitrogens is 1. The maximum absolute atomic E-state index is 10.7. The lowest BCUT2D eigenvalue weighted by atomic mass is 10.1. The van der Waals surface area contributed by atoms with E-state index < -0.39 is 5.72 Å². The molecule has 0 spiro atoms. The Hall–Kier alpha value is -1.85. The fourth-order valence-corrected chi connectivity index (χ4v) is 1.89. The summed E-state index contributed by atoms with van der Waals surface area (Å²) in [6, 6.07) is 3.42. The number of nitrogens with zero attached hydrogens (tertiary/aromatic N) is 1. The van der Waals surface area contributed by atoms with E-state index >= 15 is 0 Å². The molecule has 100 valence electrons. The molecule has 0 fully saturated rings. The highest BCUT2D eigenvalue weighted by atomic mass is 35.5. The van der Waals surface area contributed by atoms with Crippen molar-refractivity contribution in [3.63, 3.8) is 0 Å². The van der Waals surface area contributed by atoms with Gasteiger partial charge < -0.3 is 15.4 Å². The van der Waals surface area contributed by atoms with Crippen LogP contribution in [0.25, 0.3) is 11.1 Å². The van der Waals surface area contributed by atoms with E-state index in [1.165, 1.54) is 6.20 Å². The van der Waals surface area contributed by atoms with Crippen LogP contribution in [0.15, 0.2) is 24.5 Å². The highest BCUT2D eigenvalue weighted by Crippen LogP contribution is 2.30. The zero-order chi connectivity index (χ0) is 14.0. The lowest BCUT2D eigenvalue weighted by molar-refractivity contribution is 0.110. The van der Waals surface area contributed by atoms with Gasteiger partial charge in [0.05, 0.1) is 10.7 Å². The molecule has 0 aliphatic rings. The SMILES string of the molecule is CC(C)(O)Nc1cc(-c2c[nH]c(C=O)c2)c(Cl)cn1. The first-order valence-electron chi connectivity index (χ1n) is 5.69. The van der Waals surface area contributed by atoms with E-state index in [9.17, 15) is 9.90 Å². The van der Waals surface area contributed by atoms with Gasteiger partial charge in [-0.25, -0.2) is 4.98 Å². The van der Waals surface area contributed by atoms with E-state index in [1.54, 1.807) is 32.2 Å². The molecule has 0 radical (unpaired) electrons. The van der Waals surface area contributed by atoms with E-state index in [-0.39, 0.29) is 0 Å². The van der Waals surface area contributed by atoms with Crippen LogP contribution in [0.1, 0.15) is 24.3 Å². The Labute approximate surface area is 115 Å². The predicted molar refractivity (Wildman–Crippen MR) is 74.3 cm³/mol. The van der Waals surface area contributed by atoms with Crippen molar-refractivity contribution in [2.24, 2.45) is 0 Å². The zero-order valence-corrected chi connectivity index (χ0v) is 11.3. The maximum atomic E-state index is 10.7. The minimum Gasteiger partial charge on any atom is -0.372 e. The topological polar surface area (TPSA) is 78.0 Å². The molecule has 0 unspecified atom stereocenters. The van der Waals surface area contributed by atoms with E-state index in [4.69, 9.17) is 11.6 Å². The van der Waals surface area contributed by atoms with Gasteiger partial charge in [0.2, 0.25) is 0 Å². The van der Waals surface area contributed by atoms with E-state index in [1.807, 2.05) is 0 Å². The number of carbonyl (C=O) groups excluding carboxylic acids is 1. The Morgan fingerprint density at radius 1 is 1.47 bits per heavy atom. The predicted octanol–water partition coefficient (Wildman–Crippen LogP) is 2.68. The zero-order valence-electron chi connectivity index (χ0n) is 10.6. The van der Waals surface area contributed by atoms with Crippen molar-refractivity contribution in [1.82, 2.24) is 9.97 Å². The fourth-order valence-electron chi connectivity index (χ4n) is 1.68. The molecule has 0 saturated carbocycles. The number of hydrogen-bond donors (Lipinski definition) is 3. The van der Waals surface area contributed by atoms with Gasteiger partial charge in [-0.05, 0) is 26.0 Å². The summed E-state index contributed by atoms with van der Waals surface area (Å²) in [4.78, 5) is 17.6. The van der Waals surface area contributed by atoms with Gasteiger partial charge in [-0.3, -0.25) is 4.79 Å². The molecule has 0 saturated heterocycles. The van der Waals surface area contributed by atoms with Gasteiger partial charge in [0, 0.05) is 23.5 Å². The third-order valence-electron chi connectivity index (χ3n) is 2.43. The summed E-state index contributed by atoms with van der Waals surface area (Å²) >= 11 is 6.10. The molecule has 0 aliphatic heterocycles. The summed E-state index contributed by atoms with van der Waals surface area (Å²) in [6.45, 7) is 3.23. The maximum Gasteiger partial charge on any atom is 0.166 e. The number of aliphatic hydroxyl groups is 1. The minimum absolute atomic E-state index is 0.470. The van der Waals surface area contributed by atoms with E-state index in [0.29, 0.717) is 16.5 Å². The molecular formula is C13H14ClN3O2. The summed E-state index contributed by atoms with van der Waals surface area (Å²) < 4.78 is 0. The Morgan fingerprint density at radius 3 is 2.79 bits per heavy atom. The minimum atomic E-state index is -1.08. The molecule has 6 heteroatoms. The molecule has 2 aromatic rings. The number of hydrogen-bond acceptors (Lipinski definition) is 4. The molecule has 3 N–H and O–H groups in total. The van der Waals surface area contributed by atoms with Crippen molar-refractivity contribution >= 4 is 23.7 Å². The standard InChI is InChI=1S/C13H14ClN3O2/c1-13(2,19)17-12-4-10(11(14)6-16-12)8-3-9(7-18)15-5-8/h3-7,15,19H,1-2H3,(H,16,17). The van der Waals surface area contributed by atoms with Crippen molar-refractivity contribution in [1.29, 1.82) is 0 Å². The number of aldehydes is 1. The number of pyridine rings is 1. The molecular weight excluding hydrogens is 266 g/mol. The van der Waals surface area contributed by atoms with Gasteiger partial charge in [0.1, 0.15) is 11.5 Å². The largest absolute Gasteiger partial charge is 0.372 e. The first-order chi connectivity index (χ1) is 8.89. The van der Waals surface area contributed by atoms with Crippen molar-refractivity contribution in [2.45, 2.75) is 19.6 Å². The Balaban J connectivity index is 2.39. The van der Waals surface area contributed by atoms with Crippen LogP contribution in [0.2, 0.25) is 5.02 Å². The fraction of sp³-hybridized carbons (Fsp3) is 0.231. The molecule has 0 bridgehead atoms. The van der Waals surface area contributed by atoms with Crippen molar-refractivity contribution < 1.29 is 9.90 Å². The van der Waals surface area contributed by atoms with Crippen LogP contribution in [0.5, 0.6) is 0 Å². The quantitative estimate of drug-likeness (QED) is 0.594. The summed E-state index contributed by atoms with van der Waals surface area (Å²) in [7, 11) is 0. The molecule has 0 aromatic carbocycles. The molecule has 2 rings (SSSR count). The van der Waals surface area contributed by atoms with Crippen LogP contribution >= 0.6 is 11.6 Å². The average molecular weight is 280 g/mol. The van der Waals surface area contributed by atoms with Gasteiger partial charge in [-0.2, -0.15) is 0 Å². The smallest absolute Gasteiger partial charge is 0.166 e. The van der Waals surface area contributed by atoms with E-state index in [0.717, 1.165) is 17.4 Å². The number of aromatic nitrogens is 2. The van der Waals surface area contributed by atoms with Gasteiger partial charge >= 0.3 is 0 Å². The van der Waals surface area contributed by atoms with Crippen LogP contribution in [-0.2, 0) is 0 Å². The van der Waals surface area contributed by atoms with Crippen LogP contribution in [0, 0.1) is 0 Å². The van der Waals surface area contributed by atoms with Gasteiger partial charge in [0.15, 0.2) is 6.29 Å². The van der Waals surface area contributed by atoms with Crippen LogP contribution in [-0.4, -0.2) is 27.1 Å². The molecule has 0 amide bonds. The Kier molecular flexibility index (Phi) is 3.59. The Bertz CT molecular complexity index is 602. The first-order valence-corrected chi connectivity index (χ1v) is 6.07. The van der Waals surface area contributed by atoms with Crippen LogP contribution in [0.4, 0.5) is 5.82 Å². The highest BCUT2D eigenvalue weighted by molar-refractivity contribution is 6.33. The highest BCUT2D eigenvalue weighted by Gasteiger charge is 2.14. The van der Waals surface area contributed by atoms with Crippen molar-refractivity contribution in [3.8, 4) is 11.1 Å². The van der Waals surface area contributed by atoms with Crippen LogP contribution < -0.4 is 5.32 Å². The van der Waals surface area contributed by atoms with Crippen LogP contribution in [0.3, 0.4) is 0 Å².